The van der Waals surface area contributed by atoms with Gasteiger partial charge in [-0.1, -0.05) is 46.3 Å². The maximum atomic E-state index is 12.6. The standard InChI is InChI=1S/C19H19BrN2O2/c20-16-10-8-15(9-11-16)19(24)21-17(14-5-2-1-3-6-14)13-22-12-4-7-18(22)23/h1-3,5-6,8-11,17H,4,7,12-13H2,(H,21,24). The lowest BCUT2D eigenvalue weighted by Crippen LogP contribution is -2.38. The van der Waals surface area contributed by atoms with E-state index in [0.717, 1.165) is 23.0 Å². The fraction of sp³-hybridized carbons (Fsp3) is 0.263. The first-order chi connectivity index (χ1) is 11.6. The number of amides is 2. The molecule has 1 unspecified atom stereocenters. The highest BCUT2D eigenvalue weighted by molar-refractivity contribution is 9.10. The molecule has 3 rings (SSSR count). The number of likely N-dealkylation sites (tertiary alicyclic amines) is 1. The predicted octanol–water partition coefficient (Wildman–Crippen LogP) is 3.54. The molecule has 0 saturated carbocycles. The number of halogens is 1. The second-order valence-electron chi connectivity index (χ2n) is 5.89. The summed E-state index contributed by atoms with van der Waals surface area (Å²) in [6.45, 7) is 1.27. The van der Waals surface area contributed by atoms with Gasteiger partial charge >= 0.3 is 0 Å². The average molecular weight is 387 g/mol. The number of carbonyl (C=O) groups is 2. The van der Waals surface area contributed by atoms with Gasteiger partial charge in [0, 0.05) is 29.5 Å². The normalized spacial score (nSPS) is 15.4. The Morgan fingerprint density at radius 2 is 1.83 bits per heavy atom. The molecule has 0 bridgehead atoms. The van der Waals surface area contributed by atoms with E-state index >= 15 is 0 Å². The molecular formula is C19H19BrN2O2. The second-order valence-corrected chi connectivity index (χ2v) is 6.80. The third kappa shape index (κ3) is 4.03. The quantitative estimate of drug-likeness (QED) is 0.853. The summed E-state index contributed by atoms with van der Waals surface area (Å²) in [5.41, 5.74) is 1.61. The number of hydrogen-bond acceptors (Lipinski definition) is 2. The number of rotatable bonds is 5. The summed E-state index contributed by atoms with van der Waals surface area (Å²) >= 11 is 3.37. The smallest absolute Gasteiger partial charge is 0.251 e. The highest BCUT2D eigenvalue weighted by Gasteiger charge is 2.25. The molecule has 24 heavy (non-hydrogen) atoms. The fourth-order valence-electron chi connectivity index (χ4n) is 2.88. The van der Waals surface area contributed by atoms with Gasteiger partial charge in [0.2, 0.25) is 5.91 Å². The minimum atomic E-state index is -0.218. The largest absolute Gasteiger partial charge is 0.343 e. The van der Waals surface area contributed by atoms with Gasteiger partial charge in [-0.3, -0.25) is 9.59 Å². The monoisotopic (exact) mass is 386 g/mol. The number of nitrogens with one attached hydrogen (secondary N) is 1. The highest BCUT2D eigenvalue weighted by atomic mass is 79.9. The number of hydrogen-bond donors (Lipinski definition) is 1. The molecule has 2 aromatic carbocycles. The average Bonchev–Trinajstić information content (AvgIpc) is 3.00. The molecule has 1 heterocycles. The van der Waals surface area contributed by atoms with Crippen LogP contribution in [0.25, 0.3) is 0 Å². The van der Waals surface area contributed by atoms with Gasteiger partial charge in [-0.2, -0.15) is 0 Å². The van der Waals surface area contributed by atoms with Crippen LogP contribution in [0.5, 0.6) is 0 Å². The van der Waals surface area contributed by atoms with Crippen molar-refractivity contribution in [2.45, 2.75) is 18.9 Å². The molecule has 1 N–H and O–H groups in total. The number of carbonyl (C=O) groups excluding carboxylic acids is 2. The van der Waals surface area contributed by atoms with Gasteiger partial charge in [0.1, 0.15) is 0 Å². The zero-order valence-corrected chi connectivity index (χ0v) is 14.8. The van der Waals surface area contributed by atoms with Crippen LogP contribution in [0, 0.1) is 0 Å². The lowest BCUT2D eigenvalue weighted by atomic mass is 10.1. The van der Waals surface area contributed by atoms with E-state index in [1.54, 1.807) is 12.1 Å². The van der Waals surface area contributed by atoms with Crippen molar-refractivity contribution in [1.29, 1.82) is 0 Å². The summed E-state index contributed by atoms with van der Waals surface area (Å²) in [6, 6.07) is 16.8. The third-order valence-electron chi connectivity index (χ3n) is 4.19. The van der Waals surface area contributed by atoms with E-state index in [1.165, 1.54) is 0 Å². The van der Waals surface area contributed by atoms with Crippen LogP contribution in [0.2, 0.25) is 0 Å². The Morgan fingerprint density at radius 1 is 1.12 bits per heavy atom. The highest BCUT2D eigenvalue weighted by Crippen LogP contribution is 2.19. The molecule has 2 amide bonds. The summed E-state index contributed by atoms with van der Waals surface area (Å²) in [5, 5.41) is 3.07. The molecule has 1 saturated heterocycles. The second kappa shape index (κ2) is 7.62. The minimum Gasteiger partial charge on any atom is -0.343 e. The van der Waals surface area contributed by atoms with Gasteiger partial charge in [0.15, 0.2) is 0 Å². The molecule has 0 spiro atoms. The van der Waals surface area contributed by atoms with Crippen molar-refractivity contribution in [3.8, 4) is 0 Å². The first-order valence-electron chi connectivity index (χ1n) is 8.02. The van der Waals surface area contributed by atoms with Crippen LogP contribution in [-0.2, 0) is 4.79 Å². The first-order valence-corrected chi connectivity index (χ1v) is 8.82. The van der Waals surface area contributed by atoms with E-state index in [1.807, 2.05) is 47.4 Å². The van der Waals surface area contributed by atoms with Gasteiger partial charge in [-0.25, -0.2) is 0 Å². The van der Waals surface area contributed by atoms with E-state index < -0.39 is 0 Å². The van der Waals surface area contributed by atoms with Crippen LogP contribution in [0.3, 0.4) is 0 Å². The SMILES string of the molecule is O=C(NC(CN1CCCC1=O)c1ccccc1)c1ccc(Br)cc1. The van der Waals surface area contributed by atoms with Gasteiger partial charge in [-0.05, 0) is 36.2 Å². The Morgan fingerprint density at radius 3 is 2.46 bits per heavy atom. The van der Waals surface area contributed by atoms with E-state index in [9.17, 15) is 9.59 Å². The van der Waals surface area contributed by atoms with Crippen molar-refractivity contribution in [2.75, 3.05) is 13.1 Å². The van der Waals surface area contributed by atoms with Gasteiger partial charge in [-0.15, -0.1) is 0 Å². The van der Waals surface area contributed by atoms with Crippen LogP contribution >= 0.6 is 15.9 Å². The summed E-state index contributed by atoms with van der Waals surface area (Å²) in [4.78, 5) is 26.3. The van der Waals surface area contributed by atoms with Gasteiger partial charge in [0.25, 0.3) is 5.91 Å². The molecule has 124 valence electrons. The maximum Gasteiger partial charge on any atom is 0.251 e. The van der Waals surface area contributed by atoms with E-state index in [2.05, 4.69) is 21.2 Å². The molecule has 2 aromatic rings. The zero-order valence-electron chi connectivity index (χ0n) is 13.2. The Kier molecular flexibility index (Phi) is 5.30. The summed E-state index contributed by atoms with van der Waals surface area (Å²) < 4.78 is 0.932. The van der Waals surface area contributed by atoms with Crippen LogP contribution < -0.4 is 5.32 Å². The van der Waals surface area contributed by atoms with Crippen molar-refractivity contribution in [3.05, 3.63) is 70.2 Å². The van der Waals surface area contributed by atoms with Gasteiger partial charge < -0.3 is 10.2 Å². The van der Waals surface area contributed by atoms with E-state index in [4.69, 9.17) is 0 Å². The zero-order chi connectivity index (χ0) is 16.9. The molecule has 0 aromatic heterocycles. The Balaban J connectivity index is 1.77. The topological polar surface area (TPSA) is 49.4 Å². The van der Waals surface area contributed by atoms with Crippen molar-refractivity contribution in [2.24, 2.45) is 0 Å². The molecule has 0 radical (unpaired) electrons. The van der Waals surface area contributed by atoms with Crippen molar-refractivity contribution >= 4 is 27.7 Å². The minimum absolute atomic E-state index is 0.136. The third-order valence-corrected chi connectivity index (χ3v) is 4.72. The number of nitrogens with zero attached hydrogens (tertiary/aromatic N) is 1. The molecule has 1 atom stereocenters. The van der Waals surface area contributed by atoms with E-state index in [-0.39, 0.29) is 17.9 Å². The Labute approximate surface area is 150 Å². The molecule has 0 aliphatic carbocycles. The van der Waals surface area contributed by atoms with Crippen LogP contribution in [0.15, 0.2) is 59.1 Å². The first kappa shape index (κ1) is 16.7. The van der Waals surface area contributed by atoms with Crippen LogP contribution in [0.4, 0.5) is 0 Å². The van der Waals surface area contributed by atoms with Crippen LogP contribution in [-0.4, -0.2) is 29.8 Å². The lowest BCUT2D eigenvalue weighted by Gasteiger charge is -2.25. The Bertz CT molecular complexity index is 716. The lowest BCUT2D eigenvalue weighted by molar-refractivity contribution is -0.128. The molecule has 5 heteroatoms. The summed E-state index contributed by atoms with van der Waals surface area (Å²) in [7, 11) is 0. The van der Waals surface area contributed by atoms with E-state index in [0.29, 0.717) is 18.5 Å². The van der Waals surface area contributed by atoms with Gasteiger partial charge in [0.05, 0.1) is 6.04 Å². The predicted molar refractivity (Wildman–Crippen MR) is 96.6 cm³/mol. The maximum absolute atomic E-state index is 12.6. The molecular weight excluding hydrogens is 368 g/mol. The summed E-state index contributed by atoms with van der Waals surface area (Å²) in [6.07, 6.45) is 1.49. The molecule has 1 aliphatic heterocycles. The van der Waals surface area contributed by atoms with Crippen molar-refractivity contribution < 1.29 is 9.59 Å². The van der Waals surface area contributed by atoms with Crippen LogP contribution in [0.1, 0.15) is 34.8 Å². The number of benzene rings is 2. The summed E-state index contributed by atoms with van der Waals surface area (Å²) in [5.74, 6) is 0.0248. The Hall–Kier alpha value is -2.14. The fourth-order valence-corrected chi connectivity index (χ4v) is 3.14. The molecule has 1 fully saturated rings. The molecule has 1 aliphatic rings. The van der Waals surface area contributed by atoms with Crippen molar-refractivity contribution in [3.63, 3.8) is 0 Å². The molecule has 4 nitrogen and oxygen atoms in total. The van der Waals surface area contributed by atoms with Crippen molar-refractivity contribution in [1.82, 2.24) is 10.2 Å².